The fraction of sp³-hybridized carbons (Fsp3) is 0.400. The Morgan fingerprint density at radius 2 is 2.62 bits per heavy atom. The highest BCUT2D eigenvalue weighted by Gasteiger charge is 1.95. The van der Waals surface area contributed by atoms with Crippen molar-refractivity contribution in [1.82, 2.24) is 0 Å². The van der Waals surface area contributed by atoms with Crippen molar-refractivity contribution in [3.8, 4) is 6.07 Å². The number of hydrogen-bond acceptors (Lipinski definition) is 3. The second-order valence-electron chi connectivity index (χ2n) is 1.43. The molecule has 3 nitrogen and oxygen atoms in total. The van der Waals surface area contributed by atoms with Crippen molar-refractivity contribution in [3.63, 3.8) is 0 Å². The van der Waals surface area contributed by atoms with E-state index in [-0.39, 0.29) is 0 Å². The zero-order valence-corrected chi connectivity index (χ0v) is 4.33. The first kappa shape index (κ1) is 4.98. The third-order valence-electron chi connectivity index (χ3n) is 0.886. The highest BCUT2D eigenvalue weighted by Crippen LogP contribution is 1.89. The molecule has 1 aliphatic heterocycles. The van der Waals surface area contributed by atoms with Gasteiger partial charge in [-0.2, -0.15) is 5.26 Å². The van der Waals surface area contributed by atoms with Gasteiger partial charge in [-0.05, 0) is 0 Å². The lowest BCUT2D eigenvalue weighted by molar-refractivity contribution is 1.05. The zero-order valence-electron chi connectivity index (χ0n) is 4.33. The van der Waals surface area contributed by atoms with Gasteiger partial charge in [0.1, 0.15) is 18.4 Å². The number of hydrogen-bond donors (Lipinski definition) is 0. The van der Waals surface area contributed by atoms with Gasteiger partial charge >= 0.3 is 0 Å². The Hall–Kier alpha value is -1.17. The maximum Gasteiger partial charge on any atom is 0.130 e. The minimum Gasteiger partial charge on any atom is -0.274 e. The van der Waals surface area contributed by atoms with Gasteiger partial charge in [0.25, 0.3) is 0 Å². The molecule has 0 saturated carbocycles. The van der Waals surface area contributed by atoms with Crippen LogP contribution in [0, 0.1) is 11.3 Å². The lowest BCUT2D eigenvalue weighted by atomic mass is 10.3. The minimum absolute atomic E-state index is 0.433. The number of nitrogens with zero attached hydrogens (tertiary/aromatic N) is 3. The monoisotopic (exact) mass is 107 g/mol. The van der Waals surface area contributed by atoms with E-state index in [4.69, 9.17) is 5.26 Å². The summed E-state index contributed by atoms with van der Waals surface area (Å²) >= 11 is 0. The fourth-order valence-corrected chi connectivity index (χ4v) is 0.480. The van der Waals surface area contributed by atoms with Gasteiger partial charge in [-0.1, -0.05) is 0 Å². The summed E-state index contributed by atoms with van der Waals surface area (Å²) in [5.74, 6) is 0. The van der Waals surface area contributed by atoms with Crippen molar-refractivity contribution in [2.24, 2.45) is 9.98 Å². The van der Waals surface area contributed by atoms with Crippen LogP contribution in [0.3, 0.4) is 0 Å². The van der Waals surface area contributed by atoms with Crippen LogP contribution < -0.4 is 0 Å². The number of nitriles is 1. The second-order valence-corrected chi connectivity index (χ2v) is 1.43. The fourth-order valence-electron chi connectivity index (χ4n) is 0.480. The van der Waals surface area contributed by atoms with E-state index in [1.807, 2.05) is 6.07 Å². The molecule has 0 aromatic heterocycles. The Balaban J connectivity index is 2.59. The first-order valence-corrected chi connectivity index (χ1v) is 2.35. The predicted molar refractivity (Wildman–Crippen MR) is 31.0 cm³/mol. The van der Waals surface area contributed by atoms with E-state index in [1.54, 1.807) is 6.21 Å². The topological polar surface area (TPSA) is 48.5 Å². The molecule has 0 fully saturated rings. The third-order valence-corrected chi connectivity index (χ3v) is 0.886. The largest absolute Gasteiger partial charge is 0.274 e. The molecule has 1 aliphatic rings. The Morgan fingerprint density at radius 3 is 3.00 bits per heavy atom. The van der Waals surface area contributed by atoms with E-state index in [2.05, 4.69) is 9.98 Å². The third kappa shape index (κ3) is 0.909. The SMILES string of the molecule is N#CC1=NCN=CC1. The van der Waals surface area contributed by atoms with Gasteiger partial charge in [-0.15, -0.1) is 0 Å². The zero-order chi connectivity index (χ0) is 5.82. The predicted octanol–water partition coefficient (Wildman–Crippen LogP) is 0.383. The molecule has 0 aromatic rings. The molecule has 0 unspecified atom stereocenters. The molecule has 8 heavy (non-hydrogen) atoms. The van der Waals surface area contributed by atoms with Crippen LogP contribution in [0.5, 0.6) is 0 Å². The van der Waals surface area contributed by atoms with Gasteiger partial charge in [-0.3, -0.25) is 9.98 Å². The highest BCUT2D eigenvalue weighted by atomic mass is 14.9. The van der Waals surface area contributed by atoms with E-state index >= 15 is 0 Å². The molecule has 0 saturated heterocycles. The normalized spacial score (nSPS) is 17.1. The quantitative estimate of drug-likeness (QED) is 0.441. The molecular formula is C5H5N3. The summed E-state index contributed by atoms with van der Waals surface area (Å²) < 4.78 is 0. The molecule has 0 aromatic carbocycles. The summed E-state index contributed by atoms with van der Waals surface area (Å²) in [6.45, 7) is 0.433. The van der Waals surface area contributed by atoms with Crippen molar-refractivity contribution >= 4 is 11.9 Å². The lowest BCUT2D eigenvalue weighted by Crippen LogP contribution is -2.00. The summed E-state index contributed by atoms with van der Waals surface area (Å²) in [4.78, 5) is 7.62. The van der Waals surface area contributed by atoms with Gasteiger partial charge in [0.15, 0.2) is 0 Å². The summed E-state index contributed by atoms with van der Waals surface area (Å²) in [7, 11) is 0. The average Bonchev–Trinajstić information content (AvgIpc) is 1.90. The van der Waals surface area contributed by atoms with Gasteiger partial charge in [0, 0.05) is 12.6 Å². The van der Waals surface area contributed by atoms with Crippen LogP contribution >= 0.6 is 0 Å². The van der Waals surface area contributed by atoms with E-state index in [0.29, 0.717) is 18.8 Å². The van der Waals surface area contributed by atoms with Crippen LogP contribution in [0.25, 0.3) is 0 Å². The van der Waals surface area contributed by atoms with Crippen molar-refractivity contribution in [1.29, 1.82) is 5.26 Å². The van der Waals surface area contributed by atoms with Gasteiger partial charge in [0.05, 0.1) is 0 Å². The van der Waals surface area contributed by atoms with Crippen LogP contribution in [0.2, 0.25) is 0 Å². The molecule has 0 aliphatic carbocycles. The minimum atomic E-state index is 0.433. The van der Waals surface area contributed by atoms with Crippen LogP contribution in [0.1, 0.15) is 6.42 Å². The summed E-state index contributed by atoms with van der Waals surface area (Å²) in [5, 5.41) is 8.25. The lowest BCUT2D eigenvalue weighted by Gasteiger charge is -1.94. The molecule has 0 bridgehead atoms. The van der Waals surface area contributed by atoms with Gasteiger partial charge in [0.2, 0.25) is 0 Å². The molecule has 0 N–H and O–H groups in total. The van der Waals surface area contributed by atoms with Crippen molar-refractivity contribution in [2.45, 2.75) is 6.42 Å². The van der Waals surface area contributed by atoms with E-state index in [0.717, 1.165) is 0 Å². The van der Waals surface area contributed by atoms with Crippen molar-refractivity contribution < 1.29 is 0 Å². The standard InChI is InChI=1S/C5H5N3/c6-3-5-1-2-7-4-8-5/h2H,1,4H2. The van der Waals surface area contributed by atoms with Crippen molar-refractivity contribution in [2.75, 3.05) is 6.67 Å². The summed E-state index contributed by atoms with van der Waals surface area (Å²) in [5.41, 5.74) is 0.583. The van der Waals surface area contributed by atoms with Crippen LogP contribution in [-0.4, -0.2) is 18.6 Å². The van der Waals surface area contributed by atoms with E-state index in [9.17, 15) is 0 Å². The molecule has 0 amide bonds. The number of aliphatic imine (C=N–C) groups is 2. The van der Waals surface area contributed by atoms with Crippen LogP contribution in [-0.2, 0) is 0 Å². The first-order chi connectivity index (χ1) is 3.93. The maximum atomic E-state index is 8.25. The Kier molecular flexibility index (Phi) is 1.38. The molecule has 0 radical (unpaired) electrons. The van der Waals surface area contributed by atoms with E-state index in [1.165, 1.54) is 0 Å². The van der Waals surface area contributed by atoms with E-state index < -0.39 is 0 Å². The van der Waals surface area contributed by atoms with Crippen molar-refractivity contribution in [3.05, 3.63) is 0 Å². The highest BCUT2D eigenvalue weighted by molar-refractivity contribution is 6.06. The Morgan fingerprint density at radius 1 is 1.75 bits per heavy atom. The van der Waals surface area contributed by atoms with Crippen LogP contribution in [0.4, 0.5) is 0 Å². The molecular weight excluding hydrogens is 102 g/mol. The summed E-state index contributed by atoms with van der Waals surface area (Å²) in [6.07, 6.45) is 2.32. The molecule has 0 atom stereocenters. The number of rotatable bonds is 0. The summed E-state index contributed by atoms with van der Waals surface area (Å²) in [6, 6.07) is 1.96. The Bertz CT molecular complexity index is 173. The first-order valence-electron chi connectivity index (χ1n) is 2.35. The molecule has 1 heterocycles. The average molecular weight is 107 g/mol. The maximum absolute atomic E-state index is 8.25. The molecule has 40 valence electrons. The second kappa shape index (κ2) is 2.22. The van der Waals surface area contributed by atoms with Gasteiger partial charge < -0.3 is 0 Å². The molecule has 3 heteroatoms. The molecule has 0 spiro atoms. The smallest absolute Gasteiger partial charge is 0.130 e. The molecule has 1 rings (SSSR count). The van der Waals surface area contributed by atoms with Gasteiger partial charge in [-0.25, -0.2) is 0 Å². The van der Waals surface area contributed by atoms with Crippen LogP contribution in [0.15, 0.2) is 9.98 Å². The Labute approximate surface area is 47.4 Å².